The summed E-state index contributed by atoms with van der Waals surface area (Å²) in [4.78, 5) is 65.4. The van der Waals surface area contributed by atoms with Crippen LogP contribution in [0, 0.1) is 0 Å². The number of urea groups is 1. The number of carbonyl (C=O) groups excluding carboxylic acids is 5. The van der Waals surface area contributed by atoms with E-state index in [-0.39, 0.29) is 19.0 Å². The molecule has 1 fully saturated rings. The van der Waals surface area contributed by atoms with Crippen molar-refractivity contribution in [3.8, 4) is 0 Å². The predicted molar refractivity (Wildman–Crippen MR) is 99.7 cm³/mol. The van der Waals surface area contributed by atoms with E-state index in [4.69, 9.17) is 0 Å². The molecule has 0 atom stereocenters. The highest BCUT2D eigenvalue weighted by Gasteiger charge is 2.45. The van der Waals surface area contributed by atoms with E-state index in [1.807, 2.05) is 13.8 Å². The van der Waals surface area contributed by atoms with Crippen LogP contribution in [0.2, 0.25) is 0 Å². The Morgan fingerprint density at radius 3 is 2.04 bits per heavy atom. The van der Waals surface area contributed by atoms with Gasteiger partial charge in [-0.15, -0.1) is 0 Å². The quantitative estimate of drug-likeness (QED) is 0.471. The number of amides is 6. The van der Waals surface area contributed by atoms with Crippen molar-refractivity contribution < 1.29 is 24.0 Å². The summed E-state index contributed by atoms with van der Waals surface area (Å²) in [5.74, 6) is -2.85. The summed E-state index contributed by atoms with van der Waals surface area (Å²) in [6.45, 7) is 3.89. The molecular weight excluding hydrogens is 364 g/mol. The molecule has 0 bridgehead atoms. The smallest absolute Gasteiger partial charge is 0.335 e. The van der Waals surface area contributed by atoms with Crippen LogP contribution in [0.3, 0.4) is 0 Å². The Morgan fingerprint density at radius 2 is 1.46 bits per heavy atom. The maximum Gasteiger partial charge on any atom is 0.335 e. The molecule has 0 N–H and O–H groups in total. The van der Waals surface area contributed by atoms with Gasteiger partial charge in [-0.3, -0.25) is 24.1 Å². The van der Waals surface area contributed by atoms with Crippen LogP contribution in [0.25, 0.3) is 0 Å². The fraction of sp³-hybridized carbons (Fsp3) is 0.421. The van der Waals surface area contributed by atoms with Crippen LogP contribution >= 0.6 is 0 Å². The standard InChI is InChI=1S/C19H24N4O5/c1-4-21(5-2)16(25)12-20(3)15(24)13-23-18(27)17(26)22(19(23)28)11-14-9-7-6-8-10-14/h6-10H,4-5,11-13H2,1-3H3. The van der Waals surface area contributed by atoms with Gasteiger partial charge in [0.25, 0.3) is 0 Å². The molecule has 1 heterocycles. The minimum Gasteiger partial charge on any atom is -0.342 e. The topological polar surface area (TPSA) is 98.3 Å². The molecule has 1 saturated heterocycles. The van der Waals surface area contributed by atoms with Gasteiger partial charge in [0.15, 0.2) is 0 Å². The van der Waals surface area contributed by atoms with Gasteiger partial charge in [-0.25, -0.2) is 9.69 Å². The van der Waals surface area contributed by atoms with Gasteiger partial charge < -0.3 is 9.80 Å². The van der Waals surface area contributed by atoms with Gasteiger partial charge in [-0.2, -0.15) is 0 Å². The largest absolute Gasteiger partial charge is 0.342 e. The molecule has 0 spiro atoms. The van der Waals surface area contributed by atoms with E-state index in [0.29, 0.717) is 23.6 Å². The minimum atomic E-state index is -1.04. The van der Waals surface area contributed by atoms with Gasteiger partial charge in [0.2, 0.25) is 11.8 Å². The van der Waals surface area contributed by atoms with Crippen molar-refractivity contribution in [2.24, 2.45) is 0 Å². The molecule has 1 aromatic rings. The summed E-state index contributed by atoms with van der Waals surface area (Å²) in [6.07, 6.45) is 0. The Balaban J connectivity index is 2.01. The summed E-state index contributed by atoms with van der Waals surface area (Å²) < 4.78 is 0. The van der Waals surface area contributed by atoms with E-state index in [2.05, 4.69) is 0 Å². The molecule has 2 rings (SSSR count). The maximum absolute atomic E-state index is 12.5. The Labute approximate surface area is 163 Å². The lowest BCUT2D eigenvalue weighted by atomic mass is 10.2. The summed E-state index contributed by atoms with van der Waals surface area (Å²) >= 11 is 0. The number of nitrogens with zero attached hydrogens (tertiary/aromatic N) is 4. The third-order valence-corrected chi connectivity index (χ3v) is 4.53. The second-order valence-corrected chi connectivity index (χ2v) is 6.37. The van der Waals surface area contributed by atoms with Gasteiger partial charge in [0.05, 0.1) is 13.1 Å². The lowest BCUT2D eigenvalue weighted by molar-refractivity contribution is -0.145. The first-order valence-corrected chi connectivity index (χ1v) is 9.03. The summed E-state index contributed by atoms with van der Waals surface area (Å²) in [7, 11) is 1.41. The zero-order chi connectivity index (χ0) is 20.8. The van der Waals surface area contributed by atoms with E-state index >= 15 is 0 Å². The van der Waals surface area contributed by atoms with Crippen LogP contribution in [-0.2, 0) is 25.7 Å². The number of rotatable bonds is 8. The van der Waals surface area contributed by atoms with Crippen molar-refractivity contribution in [3.05, 3.63) is 35.9 Å². The molecule has 6 amide bonds. The first-order chi connectivity index (χ1) is 13.3. The average Bonchev–Trinajstić information content (AvgIpc) is 2.87. The van der Waals surface area contributed by atoms with Gasteiger partial charge in [0.1, 0.15) is 6.54 Å². The molecule has 0 radical (unpaired) electrons. The van der Waals surface area contributed by atoms with Crippen molar-refractivity contribution in [3.63, 3.8) is 0 Å². The Hall–Kier alpha value is -3.23. The molecule has 9 nitrogen and oxygen atoms in total. The van der Waals surface area contributed by atoms with Gasteiger partial charge in [-0.05, 0) is 19.4 Å². The molecule has 28 heavy (non-hydrogen) atoms. The summed E-state index contributed by atoms with van der Waals surface area (Å²) in [5, 5.41) is 0. The van der Waals surface area contributed by atoms with Crippen LogP contribution in [0.1, 0.15) is 19.4 Å². The lowest BCUT2D eigenvalue weighted by Gasteiger charge is -2.24. The fourth-order valence-corrected chi connectivity index (χ4v) is 2.82. The normalized spacial score (nSPS) is 13.9. The zero-order valence-corrected chi connectivity index (χ0v) is 16.3. The van der Waals surface area contributed by atoms with Crippen molar-refractivity contribution in [2.75, 3.05) is 33.2 Å². The van der Waals surface area contributed by atoms with E-state index < -0.39 is 30.3 Å². The van der Waals surface area contributed by atoms with Crippen molar-refractivity contribution >= 4 is 29.7 Å². The van der Waals surface area contributed by atoms with Crippen LogP contribution in [0.5, 0.6) is 0 Å². The molecule has 1 aliphatic rings. The highest BCUT2D eigenvalue weighted by Crippen LogP contribution is 2.16. The second-order valence-electron chi connectivity index (χ2n) is 6.37. The summed E-state index contributed by atoms with van der Waals surface area (Å²) in [6, 6.07) is 7.92. The molecule has 9 heteroatoms. The number of carbonyl (C=O) groups is 5. The minimum absolute atomic E-state index is 0.0504. The molecular formula is C19H24N4O5. The Kier molecular flexibility index (Phi) is 6.86. The Bertz CT molecular complexity index is 776. The highest BCUT2D eigenvalue weighted by molar-refractivity contribution is 6.44. The first-order valence-electron chi connectivity index (χ1n) is 9.03. The predicted octanol–water partition coefficient (Wildman–Crippen LogP) is 0.304. The number of likely N-dealkylation sites (N-methyl/N-ethyl adjacent to an activating group) is 2. The Morgan fingerprint density at radius 1 is 0.893 bits per heavy atom. The SMILES string of the molecule is CCN(CC)C(=O)CN(C)C(=O)CN1C(=O)C(=O)N(Cc2ccccc2)C1=O. The van der Waals surface area contributed by atoms with Crippen molar-refractivity contribution in [1.82, 2.24) is 19.6 Å². The maximum atomic E-state index is 12.5. The zero-order valence-electron chi connectivity index (χ0n) is 16.3. The average molecular weight is 388 g/mol. The van der Waals surface area contributed by atoms with E-state index in [1.54, 1.807) is 35.2 Å². The highest BCUT2D eigenvalue weighted by atomic mass is 16.2. The van der Waals surface area contributed by atoms with E-state index in [9.17, 15) is 24.0 Å². The monoisotopic (exact) mass is 388 g/mol. The van der Waals surface area contributed by atoms with Gasteiger partial charge >= 0.3 is 17.8 Å². The molecule has 0 saturated carbocycles. The first kappa shape index (κ1) is 21.1. The van der Waals surface area contributed by atoms with Crippen LogP contribution < -0.4 is 0 Å². The van der Waals surface area contributed by atoms with Crippen molar-refractivity contribution in [1.29, 1.82) is 0 Å². The van der Waals surface area contributed by atoms with Crippen LogP contribution in [-0.4, -0.2) is 82.5 Å². The van der Waals surface area contributed by atoms with E-state index in [0.717, 1.165) is 9.80 Å². The lowest BCUT2D eigenvalue weighted by Crippen LogP contribution is -2.46. The number of hydrogen-bond donors (Lipinski definition) is 0. The molecule has 0 aromatic heterocycles. The van der Waals surface area contributed by atoms with Crippen LogP contribution in [0.4, 0.5) is 4.79 Å². The number of imide groups is 2. The second kappa shape index (κ2) is 9.12. The molecule has 150 valence electrons. The molecule has 0 unspecified atom stereocenters. The van der Waals surface area contributed by atoms with Gasteiger partial charge in [-0.1, -0.05) is 30.3 Å². The summed E-state index contributed by atoms with van der Waals surface area (Å²) in [5.41, 5.74) is 0.687. The fourth-order valence-electron chi connectivity index (χ4n) is 2.82. The van der Waals surface area contributed by atoms with Crippen LogP contribution in [0.15, 0.2) is 30.3 Å². The van der Waals surface area contributed by atoms with Crippen molar-refractivity contribution in [2.45, 2.75) is 20.4 Å². The van der Waals surface area contributed by atoms with Gasteiger partial charge in [0, 0.05) is 20.1 Å². The molecule has 1 aliphatic heterocycles. The number of benzene rings is 1. The third kappa shape index (κ3) is 4.54. The molecule has 0 aliphatic carbocycles. The van der Waals surface area contributed by atoms with E-state index in [1.165, 1.54) is 7.05 Å². The molecule has 1 aromatic carbocycles. The third-order valence-electron chi connectivity index (χ3n) is 4.53. The number of hydrogen-bond acceptors (Lipinski definition) is 5.